The fraction of sp³-hybridized carbons (Fsp3) is 0.500. The van der Waals surface area contributed by atoms with Gasteiger partial charge in [0.15, 0.2) is 5.13 Å². The van der Waals surface area contributed by atoms with Crippen LogP contribution in [-0.2, 0) is 4.79 Å². The summed E-state index contributed by atoms with van der Waals surface area (Å²) in [6.07, 6.45) is 2.23. The molecule has 0 spiro atoms. The molecule has 1 N–H and O–H groups in total. The van der Waals surface area contributed by atoms with Crippen LogP contribution in [0.15, 0.2) is 6.20 Å². The molecule has 0 bridgehead atoms. The molecule has 1 aromatic heterocycles. The number of hydrogen-bond donors (Lipinski definition) is 1. The normalized spacial score (nSPS) is 23.2. The lowest BCUT2D eigenvalue weighted by Crippen LogP contribution is -2.16. The molecule has 0 aliphatic heterocycles. The van der Waals surface area contributed by atoms with Crippen LogP contribution in [0.5, 0.6) is 0 Å². The van der Waals surface area contributed by atoms with Crippen molar-refractivity contribution in [2.75, 3.05) is 5.32 Å². The van der Waals surface area contributed by atoms with Crippen LogP contribution in [0.25, 0.3) is 0 Å². The molecule has 0 aromatic carbocycles. The number of halogens is 2. The summed E-state index contributed by atoms with van der Waals surface area (Å²) < 4.78 is -0.865. The predicted octanol–water partition coefficient (Wildman–Crippen LogP) is 2.58. The summed E-state index contributed by atoms with van der Waals surface area (Å²) in [6, 6.07) is 0. The van der Waals surface area contributed by atoms with Gasteiger partial charge in [0.1, 0.15) is 4.33 Å². The highest BCUT2D eigenvalue weighted by atomic mass is 35.5. The second-order valence-electron chi connectivity index (χ2n) is 3.28. The molecule has 1 fully saturated rings. The van der Waals surface area contributed by atoms with Crippen molar-refractivity contribution in [3.05, 3.63) is 11.1 Å². The summed E-state index contributed by atoms with van der Waals surface area (Å²) >= 11 is 13.0. The summed E-state index contributed by atoms with van der Waals surface area (Å²) in [4.78, 5) is 16.6. The lowest BCUT2D eigenvalue weighted by Gasteiger charge is -2.00. The van der Waals surface area contributed by atoms with E-state index in [0.717, 1.165) is 4.88 Å². The van der Waals surface area contributed by atoms with Crippen LogP contribution in [0.1, 0.15) is 11.3 Å². The zero-order valence-electron chi connectivity index (χ0n) is 7.38. The molecule has 1 aliphatic rings. The fourth-order valence-corrected chi connectivity index (χ4v) is 2.28. The standard InChI is InChI=1S/C8H8Cl2N2OS/c1-4-3-11-7(14-4)12-6(13)5-2-8(5,9)10/h3,5H,2H2,1H3,(H,11,12,13)/t5-/m0/s1. The van der Waals surface area contributed by atoms with Gasteiger partial charge >= 0.3 is 0 Å². The molecule has 1 saturated carbocycles. The third-order valence-corrected chi connectivity index (χ3v) is 3.66. The van der Waals surface area contributed by atoms with Gasteiger partial charge in [0.2, 0.25) is 5.91 Å². The highest BCUT2D eigenvalue weighted by Crippen LogP contribution is 2.53. The summed E-state index contributed by atoms with van der Waals surface area (Å²) in [5, 5.41) is 3.28. The largest absolute Gasteiger partial charge is 0.302 e. The molecule has 0 unspecified atom stereocenters. The maximum atomic E-state index is 11.5. The number of carbonyl (C=O) groups excluding carboxylic acids is 1. The lowest BCUT2D eigenvalue weighted by molar-refractivity contribution is -0.117. The van der Waals surface area contributed by atoms with E-state index in [1.165, 1.54) is 11.3 Å². The van der Waals surface area contributed by atoms with Gasteiger partial charge in [0.25, 0.3) is 0 Å². The third kappa shape index (κ3) is 2.02. The second-order valence-corrected chi connectivity index (χ2v) is 6.06. The SMILES string of the molecule is Cc1cnc(NC(=O)[C@@H]2CC2(Cl)Cl)s1. The zero-order valence-corrected chi connectivity index (χ0v) is 9.71. The molecular weight excluding hydrogens is 243 g/mol. The van der Waals surface area contributed by atoms with Crippen molar-refractivity contribution in [1.82, 2.24) is 4.98 Å². The van der Waals surface area contributed by atoms with Gasteiger partial charge < -0.3 is 5.32 Å². The minimum absolute atomic E-state index is 0.149. The number of nitrogens with one attached hydrogen (secondary N) is 1. The highest BCUT2D eigenvalue weighted by molar-refractivity contribution is 7.15. The van der Waals surface area contributed by atoms with Gasteiger partial charge in [-0.2, -0.15) is 0 Å². The average molecular weight is 251 g/mol. The van der Waals surface area contributed by atoms with Crippen LogP contribution in [0.4, 0.5) is 5.13 Å². The molecule has 1 heterocycles. The number of aromatic nitrogens is 1. The van der Waals surface area contributed by atoms with Gasteiger partial charge in [0.05, 0.1) is 5.92 Å². The van der Waals surface area contributed by atoms with E-state index in [0.29, 0.717) is 11.6 Å². The van der Waals surface area contributed by atoms with Gasteiger partial charge in [-0.15, -0.1) is 34.5 Å². The number of amides is 1. The topological polar surface area (TPSA) is 42.0 Å². The van der Waals surface area contributed by atoms with Crippen molar-refractivity contribution in [3.63, 3.8) is 0 Å². The van der Waals surface area contributed by atoms with E-state index in [-0.39, 0.29) is 11.8 Å². The Morgan fingerprint density at radius 2 is 2.43 bits per heavy atom. The first-order chi connectivity index (χ1) is 6.49. The molecule has 0 saturated heterocycles. The number of hydrogen-bond acceptors (Lipinski definition) is 3. The number of rotatable bonds is 2. The molecule has 0 radical (unpaired) electrons. The summed E-state index contributed by atoms with van der Waals surface area (Å²) in [5.41, 5.74) is 0. The summed E-state index contributed by atoms with van der Waals surface area (Å²) in [7, 11) is 0. The van der Waals surface area contributed by atoms with Crippen molar-refractivity contribution in [1.29, 1.82) is 0 Å². The van der Waals surface area contributed by atoms with Crippen molar-refractivity contribution in [3.8, 4) is 0 Å². The third-order valence-electron chi connectivity index (χ3n) is 1.99. The lowest BCUT2D eigenvalue weighted by atomic mass is 10.4. The quantitative estimate of drug-likeness (QED) is 0.821. The van der Waals surface area contributed by atoms with Crippen LogP contribution >= 0.6 is 34.5 Å². The van der Waals surface area contributed by atoms with Gasteiger partial charge in [-0.1, -0.05) is 0 Å². The number of alkyl halides is 2. The summed E-state index contributed by atoms with van der Waals surface area (Å²) in [5.74, 6) is -0.445. The molecule has 1 amide bonds. The molecule has 1 aliphatic carbocycles. The zero-order chi connectivity index (χ0) is 10.3. The fourth-order valence-electron chi connectivity index (χ4n) is 1.10. The number of anilines is 1. The van der Waals surface area contributed by atoms with Crippen molar-refractivity contribution in [2.24, 2.45) is 5.92 Å². The highest BCUT2D eigenvalue weighted by Gasteiger charge is 2.56. The molecule has 6 heteroatoms. The van der Waals surface area contributed by atoms with Crippen molar-refractivity contribution >= 4 is 45.6 Å². The van der Waals surface area contributed by atoms with E-state index in [9.17, 15) is 4.79 Å². The van der Waals surface area contributed by atoms with Gasteiger partial charge in [-0.3, -0.25) is 4.79 Å². The Balaban J connectivity index is 1.96. The van der Waals surface area contributed by atoms with E-state index < -0.39 is 4.33 Å². The monoisotopic (exact) mass is 250 g/mol. The van der Waals surface area contributed by atoms with Crippen LogP contribution < -0.4 is 5.32 Å². The second kappa shape index (κ2) is 3.36. The van der Waals surface area contributed by atoms with Crippen molar-refractivity contribution < 1.29 is 4.79 Å². The van der Waals surface area contributed by atoms with Crippen LogP contribution in [0.2, 0.25) is 0 Å². The van der Waals surface area contributed by atoms with E-state index in [2.05, 4.69) is 10.3 Å². The number of aryl methyl sites for hydroxylation is 1. The minimum Gasteiger partial charge on any atom is -0.302 e. The van der Waals surface area contributed by atoms with Crippen LogP contribution in [0.3, 0.4) is 0 Å². The van der Waals surface area contributed by atoms with E-state index in [1.54, 1.807) is 6.20 Å². The van der Waals surface area contributed by atoms with Crippen molar-refractivity contribution in [2.45, 2.75) is 17.7 Å². The Hall–Kier alpha value is -0.320. The Morgan fingerprint density at radius 3 is 2.86 bits per heavy atom. The predicted molar refractivity (Wildman–Crippen MR) is 58.0 cm³/mol. The van der Waals surface area contributed by atoms with Gasteiger partial charge in [0, 0.05) is 11.1 Å². The van der Waals surface area contributed by atoms with Gasteiger partial charge in [-0.25, -0.2) is 4.98 Å². The van der Waals surface area contributed by atoms with E-state index >= 15 is 0 Å². The maximum absolute atomic E-state index is 11.5. The number of carbonyl (C=O) groups is 1. The first kappa shape index (κ1) is 10.2. The number of nitrogens with zero attached hydrogens (tertiary/aromatic N) is 1. The van der Waals surface area contributed by atoms with E-state index in [4.69, 9.17) is 23.2 Å². The molecule has 1 atom stereocenters. The van der Waals surface area contributed by atoms with Crippen LogP contribution in [0, 0.1) is 12.8 Å². The number of thiazole rings is 1. The first-order valence-corrected chi connectivity index (χ1v) is 5.67. The molecule has 14 heavy (non-hydrogen) atoms. The van der Waals surface area contributed by atoms with Crippen LogP contribution in [-0.4, -0.2) is 15.2 Å². The van der Waals surface area contributed by atoms with Gasteiger partial charge in [-0.05, 0) is 13.3 Å². The molecule has 1 aromatic rings. The minimum atomic E-state index is -0.865. The summed E-state index contributed by atoms with van der Waals surface area (Å²) in [6.45, 7) is 1.93. The maximum Gasteiger partial charge on any atom is 0.232 e. The molecular formula is C8H8Cl2N2OS. The molecule has 76 valence electrons. The Morgan fingerprint density at radius 1 is 1.79 bits per heavy atom. The molecule has 2 rings (SSSR count). The Bertz CT molecular complexity index is 377. The average Bonchev–Trinajstić information content (AvgIpc) is 2.51. The molecule has 3 nitrogen and oxygen atoms in total. The Labute approximate surface area is 95.4 Å². The Kier molecular flexibility index (Phi) is 2.45. The smallest absolute Gasteiger partial charge is 0.232 e. The first-order valence-electron chi connectivity index (χ1n) is 4.10. The van der Waals surface area contributed by atoms with E-state index in [1.807, 2.05) is 6.92 Å².